The largest absolute Gasteiger partial charge is 0.314 e. The summed E-state index contributed by atoms with van der Waals surface area (Å²) in [5, 5.41) is 4.28. The second kappa shape index (κ2) is 9.25. The minimum atomic E-state index is 0.750. The molecule has 25 heavy (non-hydrogen) atoms. The fourth-order valence-corrected chi connectivity index (χ4v) is 3.28. The highest BCUT2D eigenvalue weighted by molar-refractivity contribution is 6.30. The van der Waals surface area contributed by atoms with E-state index in [4.69, 9.17) is 11.6 Å². The molecule has 5 nitrogen and oxygen atoms in total. The van der Waals surface area contributed by atoms with Crippen LogP contribution in [0.25, 0.3) is 0 Å². The number of rotatable bonds is 4. The van der Waals surface area contributed by atoms with Crippen LogP contribution in [-0.4, -0.2) is 59.0 Å². The quantitative estimate of drug-likeness (QED) is 0.907. The molecule has 1 aliphatic rings. The molecule has 0 spiro atoms. The number of hydrogen-bond acceptors (Lipinski definition) is 5. The molecule has 0 bridgehead atoms. The number of hydrogen-bond donors (Lipinski definition) is 1. The first-order chi connectivity index (χ1) is 12.2. The van der Waals surface area contributed by atoms with E-state index in [0.717, 1.165) is 68.8 Å². The van der Waals surface area contributed by atoms with Crippen molar-refractivity contribution in [2.45, 2.75) is 20.0 Å². The Morgan fingerprint density at radius 3 is 2.12 bits per heavy atom. The van der Waals surface area contributed by atoms with Crippen molar-refractivity contribution in [3.05, 3.63) is 58.6 Å². The lowest BCUT2D eigenvalue weighted by molar-refractivity contribution is 0.207. The fourth-order valence-electron chi connectivity index (χ4n) is 3.10. The van der Waals surface area contributed by atoms with E-state index in [1.54, 1.807) is 6.20 Å². The van der Waals surface area contributed by atoms with Crippen LogP contribution in [0.4, 0.5) is 0 Å². The molecule has 0 unspecified atom stereocenters. The molecule has 1 fully saturated rings. The van der Waals surface area contributed by atoms with Gasteiger partial charge in [0.1, 0.15) is 0 Å². The summed E-state index contributed by atoms with van der Waals surface area (Å²) >= 11 is 6.09. The molecule has 134 valence electrons. The first kappa shape index (κ1) is 18.3. The topological polar surface area (TPSA) is 44.3 Å². The van der Waals surface area contributed by atoms with E-state index in [9.17, 15) is 0 Å². The van der Waals surface area contributed by atoms with Crippen molar-refractivity contribution in [2.24, 2.45) is 0 Å². The molecule has 0 amide bonds. The Balaban J connectivity index is 1.60. The average molecular weight is 360 g/mol. The Bertz CT molecular complexity index is 621. The summed E-state index contributed by atoms with van der Waals surface area (Å²) < 4.78 is 0. The molecule has 0 aromatic carbocycles. The van der Waals surface area contributed by atoms with E-state index in [1.807, 2.05) is 24.4 Å². The SMILES string of the molecule is Cc1ccnc(CN2CCNCCN(Cc3cc(Cl)ccn3)CC2)c1. The Morgan fingerprint density at radius 2 is 1.52 bits per heavy atom. The van der Waals surface area contributed by atoms with Crippen molar-refractivity contribution in [1.82, 2.24) is 25.1 Å². The van der Waals surface area contributed by atoms with Gasteiger partial charge in [0.15, 0.2) is 0 Å². The number of nitrogens with zero attached hydrogens (tertiary/aromatic N) is 4. The Hall–Kier alpha value is -1.53. The normalized spacial score (nSPS) is 17.7. The third-order valence-corrected chi connectivity index (χ3v) is 4.70. The van der Waals surface area contributed by atoms with Crippen molar-refractivity contribution < 1.29 is 0 Å². The molecule has 0 saturated carbocycles. The highest BCUT2D eigenvalue weighted by Gasteiger charge is 2.14. The molecule has 0 aliphatic carbocycles. The van der Waals surface area contributed by atoms with Crippen molar-refractivity contribution in [3.8, 4) is 0 Å². The number of aromatic nitrogens is 2. The van der Waals surface area contributed by atoms with Gasteiger partial charge in [-0.25, -0.2) is 0 Å². The van der Waals surface area contributed by atoms with E-state index in [1.165, 1.54) is 5.56 Å². The van der Waals surface area contributed by atoms with Crippen molar-refractivity contribution in [3.63, 3.8) is 0 Å². The zero-order valence-corrected chi connectivity index (χ0v) is 15.5. The summed E-state index contributed by atoms with van der Waals surface area (Å²) in [5.74, 6) is 0. The predicted molar refractivity (Wildman–Crippen MR) is 102 cm³/mol. The van der Waals surface area contributed by atoms with Gasteiger partial charge < -0.3 is 5.32 Å². The van der Waals surface area contributed by atoms with E-state index < -0.39 is 0 Å². The second-order valence-corrected chi connectivity index (χ2v) is 7.03. The van der Waals surface area contributed by atoms with Crippen LogP contribution >= 0.6 is 11.6 Å². The lowest BCUT2D eigenvalue weighted by atomic mass is 10.2. The van der Waals surface area contributed by atoms with Crippen molar-refractivity contribution in [1.29, 1.82) is 0 Å². The molecule has 2 aromatic heterocycles. The van der Waals surface area contributed by atoms with E-state index in [-0.39, 0.29) is 0 Å². The standard InChI is InChI=1S/C19H26ClN5/c1-16-2-4-22-18(12-16)14-24-8-6-21-7-9-25(11-10-24)15-19-13-17(20)3-5-23-19/h2-5,12-13,21H,6-11,14-15H2,1H3. The maximum Gasteiger partial charge on any atom is 0.0558 e. The van der Waals surface area contributed by atoms with Crippen LogP contribution in [0.3, 0.4) is 0 Å². The van der Waals surface area contributed by atoms with Gasteiger partial charge in [-0.3, -0.25) is 19.8 Å². The fraction of sp³-hybridized carbons (Fsp3) is 0.474. The lowest BCUT2D eigenvalue weighted by Crippen LogP contribution is -2.35. The summed E-state index contributed by atoms with van der Waals surface area (Å²) in [6, 6.07) is 7.99. The van der Waals surface area contributed by atoms with Gasteiger partial charge in [-0.1, -0.05) is 11.6 Å². The molecule has 0 atom stereocenters. The Kier molecular flexibility index (Phi) is 6.76. The minimum Gasteiger partial charge on any atom is -0.314 e. The average Bonchev–Trinajstić information content (AvgIpc) is 2.68. The summed E-state index contributed by atoms with van der Waals surface area (Å²) in [6.45, 7) is 9.95. The molecular weight excluding hydrogens is 334 g/mol. The molecule has 0 radical (unpaired) electrons. The smallest absolute Gasteiger partial charge is 0.0558 e. The van der Waals surface area contributed by atoms with Gasteiger partial charge in [-0.15, -0.1) is 0 Å². The second-order valence-electron chi connectivity index (χ2n) is 6.59. The Morgan fingerprint density at radius 1 is 0.920 bits per heavy atom. The van der Waals surface area contributed by atoms with Gasteiger partial charge >= 0.3 is 0 Å². The third-order valence-electron chi connectivity index (χ3n) is 4.46. The number of pyridine rings is 2. The van der Waals surface area contributed by atoms with Crippen LogP contribution in [0, 0.1) is 6.92 Å². The van der Waals surface area contributed by atoms with Crippen molar-refractivity contribution in [2.75, 3.05) is 39.3 Å². The monoisotopic (exact) mass is 359 g/mol. The molecule has 1 saturated heterocycles. The molecule has 3 heterocycles. The number of aryl methyl sites for hydroxylation is 1. The molecule has 2 aromatic rings. The minimum absolute atomic E-state index is 0.750. The van der Waals surface area contributed by atoms with Gasteiger partial charge in [0.2, 0.25) is 0 Å². The molecular formula is C19H26ClN5. The summed E-state index contributed by atoms with van der Waals surface area (Å²) in [4.78, 5) is 13.9. The van der Waals surface area contributed by atoms with Gasteiger partial charge in [0.05, 0.1) is 11.4 Å². The highest BCUT2D eigenvalue weighted by Crippen LogP contribution is 2.11. The van der Waals surface area contributed by atoms with Gasteiger partial charge in [0, 0.05) is 69.8 Å². The summed E-state index contributed by atoms with van der Waals surface area (Å²) in [5.41, 5.74) is 3.43. The van der Waals surface area contributed by atoms with E-state index >= 15 is 0 Å². The van der Waals surface area contributed by atoms with Crippen molar-refractivity contribution >= 4 is 11.6 Å². The van der Waals surface area contributed by atoms with Crippen LogP contribution < -0.4 is 5.32 Å². The predicted octanol–water partition coefficient (Wildman–Crippen LogP) is 2.35. The molecule has 6 heteroatoms. The molecule has 3 rings (SSSR count). The van der Waals surface area contributed by atoms with E-state index in [2.05, 4.69) is 38.1 Å². The van der Waals surface area contributed by atoms with Gasteiger partial charge in [-0.2, -0.15) is 0 Å². The first-order valence-electron chi connectivity index (χ1n) is 8.86. The summed E-state index contributed by atoms with van der Waals surface area (Å²) in [6.07, 6.45) is 3.68. The highest BCUT2D eigenvalue weighted by atomic mass is 35.5. The zero-order valence-electron chi connectivity index (χ0n) is 14.8. The molecule has 1 N–H and O–H groups in total. The number of nitrogens with one attached hydrogen (secondary N) is 1. The van der Waals surface area contributed by atoms with Crippen LogP contribution in [0.15, 0.2) is 36.7 Å². The Labute approximate surface area is 155 Å². The van der Waals surface area contributed by atoms with Crippen LogP contribution in [0.1, 0.15) is 17.0 Å². The number of halogens is 1. The maximum atomic E-state index is 6.09. The third kappa shape index (κ3) is 6.04. The van der Waals surface area contributed by atoms with Crippen LogP contribution in [0.5, 0.6) is 0 Å². The first-order valence-corrected chi connectivity index (χ1v) is 9.24. The van der Waals surface area contributed by atoms with E-state index in [0.29, 0.717) is 0 Å². The van der Waals surface area contributed by atoms with Gasteiger partial charge in [0.25, 0.3) is 0 Å². The summed E-state index contributed by atoms with van der Waals surface area (Å²) in [7, 11) is 0. The van der Waals surface area contributed by atoms with Gasteiger partial charge in [-0.05, 0) is 36.8 Å². The zero-order chi connectivity index (χ0) is 17.5. The lowest BCUT2D eigenvalue weighted by Gasteiger charge is -2.25. The van der Waals surface area contributed by atoms with Crippen LogP contribution in [-0.2, 0) is 13.1 Å². The maximum absolute atomic E-state index is 6.09. The molecule has 1 aliphatic heterocycles. The van der Waals surface area contributed by atoms with Crippen LogP contribution in [0.2, 0.25) is 5.02 Å².